The molecule has 0 rings (SSSR count). The Balaban J connectivity index is 4.69. The molecule has 3 N–H and O–H groups in total. The van der Waals surface area contributed by atoms with Gasteiger partial charge in [0.25, 0.3) is 0 Å². The molecule has 1 amide bonds. The zero-order valence-electron chi connectivity index (χ0n) is 11.7. The van der Waals surface area contributed by atoms with Gasteiger partial charge in [-0.1, -0.05) is 6.92 Å². The van der Waals surface area contributed by atoms with Crippen molar-refractivity contribution < 1.29 is 18.3 Å². The van der Waals surface area contributed by atoms with E-state index in [1.807, 2.05) is 13.2 Å². The molecule has 114 valence electrons. The van der Waals surface area contributed by atoms with Crippen LogP contribution in [0.2, 0.25) is 0 Å². The minimum atomic E-state index is -3.43. The Kier molecular flexibility index (Phi) is 9.42. The van der Waals surface area contributed by atoms with E-state index in [0.717, 1.165) is 0 Å². The van der Waals surface area contributed by atoms with Crippen LogP contribution >= 0.6 is 11.8 Å². The van der Waals surface area contributed by atoms with Gasteiger partial charge < -0.3 is 10.4 Å². The van der Waals surface area contributed by atoms with Gasteiger partial charge in [0.15, 0.2) is 0 Å². The lowest BCUT2D eigenvalue weighted by Gasteiger charge is -2.21. The summed E-state index contributed by atoms with van der Waals surface area (Å²) >= 11 is 1.55. The fourth-order valence-electron chi connectivity index (χ4n) is 1.36. The Morgan fingerprint density at radius 1 is 1.37 bits per heavy atom. The molecular weight excluding hydrogens is 288 g/mol. The van der Waals surface area contributed by atoms with Crippen LogP contribution < -0.4 is 10.0 Å². The first-order valence-electron chi connectivity index (χ1n) is 6.30. The normalized spacial score (nSPS) is 14.9. The smallest absolute Gasteiger partial charge is 0.238 e. The number of carbonyl (C=O) groups is 1. The van der Waals surface area contributed by atoms with E-state index in [9.17, 15) is 13.2 Å². The third kappa shape index (κ3) is 7.76. The van der Waals surface area contributed by atoms with Crippen LogP contribution in [0.15, 0.2) is 0 Å². The molecule has 0 bridgehead atoms. The first kappa shape index (κ1) is 18.7. The van der Waals surface area contributed by atoms with Gasteiger partial charge in [0, 0.05) is 0 Å². The number of hydrogen-bond donors (Lipinski definition) is 3. The minimum absolute atomic E-state index is 0.0622. The highest BCUT2D eigenvalue weighted by atomic mass is 32.2. The average Bonchev–Trinajstić information content (AvgIpc) is 2.40. The van der Waals surface area contributed by atoms with Gasteiger partial charge >= 0.3 is 0 Å². The maximum absolute atomic E-state index is 12.0. The van der Waals surface area contributed by atoms with E-state index in [2.05, 4.69) is 10.0 Å². The second-order valence-electron chi connectivity index (χ2n) is 4.15. The number of hydrogen-bond acceptors (Lipinski definition) is 5. The van der Waals surface area contributed by atoms with E-state index in [-0.39, 0.29) is 24.3 Å². The fraction of sp³-hybridized carbons (Fsp3) is 0.909. The predicted octanol–water partition coefficient (Wildman–Crippen LogP) is -0.0655. The Hall–Kier alpha value is -0.310. The lowest BCUT2D eigenvalue weighted by Crippen LogP contribution is -2.50. The van der Waals surface area contributed by atoms with E-state index in [0.29, 0.717) is 18.6 Å². The number of aliphatic hydroxyl groups is 1. The van der Waals surface area contributed by atoms with Gasteiger partial charge in [-0.25, -0.2) is 13.1 Å². The third-order valence-corrected chi connectivity index (χ3v) is 4.74. The Morgan fingerprint density at radius 2 is 2.00 bits per heavy atom. The highest BCUT2D eigenvalue weighted by Crippen LogP contribution is 2.04. The number of thioether (sulfide) groups is 1. The molecule has 8 heteroatoms. The van der Waals surface area contributed by atoms with Crippen LogP contribution in [0, 0.1) is 0 Å². The topological polar surface area (TPSA) is 95.5 Å². The number of nitrogens with one attached hydrogen (secondary N) is 2. The number of aliphatic hydroxyl groups excluding tert-OH is 1. The van der Waals surface area contributed by atoms with E-state index < -0.39 is 16.1 Å². The summed E-state index contributed by atoms with van der Waals surface area (Å²) in [6.07, 6.45) is 2.91. The van der Waals surface area contributed by atoms with Crippen LogP contribution in [0.3, 0.4) is 0 Å². The van der Waals surface area contributed by atoms with Gasteiger partial charge in [-0.3, -0.25) is 4.79 Å². The first-order chi connectivity index (χ1) is 8.90. The van der Waals surface area contributed by atoms with E-state index in [4.69, 9.17) is 5.11 Å². The van der Waals surface area contributed by atoms with Crippen molar-refractivity contribution in [3.8, 4) is 0 Å². The number of amides is 1. The second kappa shape index (κ2) is 9.57. The lowest BCUT2D eigenvalue weighted by atomic mass is 10.2. The SMILES string of the molecule is CC[C@@H](CO)NC(=O)C(CCSC)NS(=O)(=O)CC. The Bertz CT molecular complexity index is 356. The van der Waals surface area contributed by atoms with Crippen molar-refractivity contribution in [1.29, 1.82) is 0 Å². The molecule has 6 nitrogen and oxygen atoms in total. The van der Waals surface area contributed by atoms with Gasteiger partial charge in [0.05, 0.1) is 18.4 Å². The van der Waals surface area contributed by atoms with Crippen LogP contribution in [0.1, 0.15) is 26.7 Å². The highest BCUT2D eigenvalue weighted by molar-refractivity contribution is 7.98. The quantitative estimate of drug-likeness (QED) is 0.525. The summed E-state index contributed by atoms with van der Waals surface area (Å²) in [6.45, 7) is 3.21. The molecule has 0 aromatic rings. The first-order valence-corrected chi connectivity index (χ1v) is 9.34. The summed E-state index contributed by atoms with van der Waals surface area (Å²) in [5.74, 6) is 0.236. The zero-order chi connectivity index (χ0) is 14.9. The predicted molar refractivity (Wildman–Crippen MR) is 78.7 cm³/mol. The van der Waals surface area contributed by atoms with E-state index in [1.165, 1.54) is 6.92 Å². The Morgan fingerprint density at radius 3 is 2.42 bits per heavy atom. The van der Waals surface area contributed by atoms with Crippen LogP contribution in [0.5, 0.6) is 0 Å². The van der Waals surface area contributed by atoms with Crippen LogP contribution in [-0.2, 0) is 14.8 Å². The van der Waals surface area contributed by atoms with Crippen molar-refractivity contribution in [3.05, 3.63) is 0 Å². The van der Waals surface area contributed by atoms with Crippen LogP contribution in [0.25, 0.3) is 0 Å². The third-order valence-electron chi connectivity index (χ3n) is 2.69. The molecule has 0 aliphatic heterocycles. The summed E-state index contributed by atoms with van der Waals surface area (Å²) in [6, 6.07) is -1.12. The minimum Gasteiger partial charge on any atom is -0.394 e. The summed E-state index contributed by atoms with van der Waals surface area (Å²) in [4.78, 5) is 12.0. The standard InChI is InChI=1S/C11H24N2O4S2/c1-4-9(8-14)12-11(15)10(6-7-18-3)13-19(16,17)5-2/h9-10,13-14H,4-8H2,1-3H3,(H,12,15)/t9-,10?/m0/s1. The van der Waals surface area contributed by atoms with Gasteiger partial charge in [0.1, 0.15) is 6.04 Å². The largest absolute Gasteiger partial charge is 0.394 e. The summed E-state index contributed by atoms with van der Waals surface area (Å²) < 4.78 is 25.5. The Labute approximate surface area is 119 Å². The van der Waals surface area contributed by atoms with Crippen LogP contribution in [-0.4, -0.2) is 55.9 Å². The molecule has 0 aromatic carbocycles. The van der Waals surface area contributed by atoms with Gasteiger partial charge in [-0.2, -0.15) is 11.8 Å². The number of carbonyl (C=O) groups excluding carboxylic acids is 1. The molecular formula is C11H24N2O4S2. The molecule has 0 radical (unpaired) electrons. The maximum atomic E-state index is 12.0. The molecule has 0 heterocycles. The molecule has 0 saturated carbocycles. The summed E-state index contributed by atoms with van der Waals surface area (Å²) in [5.41, 5.74) is 0. The molecule has 0 aliphatic rings. The van der Waals surface area contributed by atoms with Crippen LogP contribution in [0.4, 0.5) is 0 Å². The molecule has 0 aromatic heterocycles. The molecule has 0 saturated heterocycles. The monoisotopic (exact) mass is 312 g/mol. The van der Waals surface area contributed by atoms with E-state index in [1.54, 1.807) is 11.8 Å². The van der Waals surface area contributed by atoms with Crippen molar-refractivity contribution in [1.82, 2.24) is 10.0 Å². The second-order valence-corrected chi connectivity index (χ2v) is 7.18. The summed E-state index contributed by atoms with van der Waals surface area (Å²) in [5, 5.41) is 11.7. The van der Waals surface area contributed by atoms with Crippen molar-refractivity contribution in [2.75, 3.05) is 24.4 Å². The van der Waals surface area contributed by atoms with Gasteiger partial charge in [-0.15, -0.1) is 0 Å². The maximum Gasteiger partial charge on any atom is 0.238 e. The van der Waals surface area contributed by atoms with E-state index >= 15 is 0 Å². The molecule has 0 aliphatic carbocycles. The van der Waals surface area contributed by atoms with Crippen molar-refractivity contribution in [2.45, 2.75) is 38.8 Å². The molecule has 1 unspecified atom stereocenters. The van der Waals surface area contributed by atoms with Crippen molar-refractivity contribution >= 4 is 27.7 Å². The van der Waals surface area contributed by atoms with Crippen molar-refractivity contribution in [3.63, 3.8) is 0 Å². The van der Waals surface area contributed by atoms with Gasteiger partial charge in [0.2, 0.25) is 15.9 Å². The van der Waals surface area contributed by atoms with Crippen molar-refractivity contribution in [2.24, 2.45) is 0 Å². The highest BCUT2D eigenvalue weighted by Gasteiger charge is 2.24. The molecule has 2 atom stereocenters. The summed E-state index contributed by atoms with van der Waals surface area (Å²) in [7, 11) is -3.43. The number of sulfonamides is 1. The number of rotatable bonds is 10. The zero-order valence-corrected chi connectivity index (χ0v) is 13.3. The lowest BCUT2D eigenvalue weighted by molar-refractivity contribution is -0.123. The van der Waals surface area contributed by atoms with Gasteiger partial charge in [-0.05, 0) is 31.8 Å². The molecule has 0 spiro atoms. The molecule has 19 heavy (non-hydrogen) atoms. The fourth-order valence-corrected chi connectivity index (χ4v) is 2.65. The molecule has 0 fully saturated rings. The average molecular weight is 312 g/mol.